The topological polar surface area (TPSA) is 136 Å². The lowest BCUT2D eigenvalue weighted by atomic mass is 9.84. The summed E-state index contributed by atoms with van der Waals surface area (Å²) in [6.07, 6.45) is 6.69. The van der Waals surface area contributed by atoms with Gasteiger partial charge in [-0.1, -0.05) is 36.7 Å². The van der Waals surface area contributed by atoms with Crippen molar-refractivity contribution in [3.8, 4) is 5.75 Å². The van der Waals surface area contributed by atoms with Gasteiger partial charge in [-0.05, 0) is 61.8 Å². The fraction of sp³-hybridized carbons (Fsp3) is 0.471. The molecule has 4 aromatic rings. The fourth-order valence-electron chi connectivity index (χ4n) is 6.42. The van der Waals surface area contributed by atoms with Gasteiger partial charge in [0.1, 0.15) is 5.82 Å². The van der Waals surface area contributed by atoms with Crippen LogP contribution in [0.15, 0.2) is 58.2 Å². The molecule has 3 atom stereocenters. The zero-order valence-corrected chi connectivity index (χ0v) is 28.9. The number of piperidine rings is 1. The number of hydroxylamine groups is 1. The van der Waals surface area contributed by atoms with E-state index in [2.05, 4.69) is 37.4 Å². The SMILES string of the molecule is CCc1noc(N2CCC([C@H](C)CCOc3cnc(N4CC(NOS(=O)(=O)c5ccc(C)cc5)C(c5cc(F)c(F)cc5F)C4)nc3)CC2)n1. The predicted molar refractivity (Wildman–Crippen MR) is 178 cm³/mol. The lowest BCUT2D eigenvalue weighted by molar-refractivity contribution is 0.162. The van der Waals surface area contributed by atoms with Gasteiger partial charge in [0, 0.05) is 44.6 Å². The van der Waals surface area contributed by atoms with Gasteiger partial charge in [-0.15, -0.1) is 0 Å². The minimum absolute atomic E-state index is 0.0659. The van der Waals surface area contributed by atoms with E-state index < -0.39 is 39.5 Å². The molecule has 2 fully saturated rings. The standard InChI is InChI=1S/C34H40F3N7O5S/c1-4-32-40-34(48-42-32)43-12-9-23(10-13-43)22(3)11-14-47-24-17-38-33(39-18-24)44-19-27(26-15-29(36)30(37)16-28(26)35)31(20-44)41-49-50(45,46)25-7-5-21(2)6-8-25/h5-8,15-18,22-23,27,31,41H,4,9-14,19-20H2,1-3H3/t22-,27?,31?/m1/s1. The molecule has 16 heteroatoms. The van der Waals surface area contributed by atoms with Crippen LogP contribution < -0.4 is 20.0 Å². The number of anilines is 2. The third-order valence-electron chi connectivity index (χ3n) is 9.51. The summed E-state index contributed by atoms with van der Waals surface area (Å²) in [6.45, 7) is 8.39. The Morgan fingerprint density at radius 2 is 1.70 bits per heavy atom. The zero-order valence-electron chi connectivity index (χ0n) is 28.1. The third-order valence-corrected chi connectivity index (χ3v) is 10.7. The Hall–Kier alpha value is -4.28. The Morgan fingerprint density at radius 3 is 2.38 bits per heavy atom. The maximum Gasteiger partial charge on any atom is 0.324 e. The minimum atomic E-state index is -4.24. The average Bonchev–Trinajstić information content (AvgIpc) is 3.77. The molecule has 0 spiro atoms. The van der Waals surface area contributed by atoms with Crippen molar-refractivity contribution in [1.82, 2.24) is 25.6 Å². The highest BCUT2D eigenvalue weighted by Gasteiger charge is 2.38. The lowest BCUT2D eigenvalue weighted by Gasteiger charge is -2.33. The number of halogens is 3. The maximum atomic E-state index is 14.9. The number of benzene rings is 2. The van der Waals surface area contributed by atoms with Crippen molar-refractivity contribution in [2.24, 2.45) is 11.8 Å². The summed E-state index contributed by atoms with van der Waals surface area (Å²) in [5.41, 5.74) is 3.25. The van der Waals surface area contributed by atoms with Crippen molar-refractivity contribution in [3.05, 3.63) is 83.2 Å². The molecule has 0 amide bonds. The first-order chi connectivity index (χ1) is 24.0. The smallest absolute Gasteiger partial charge is 0.324 e. The van der Waals surface area contributed by atoms with Gasteiger partial charge < -0.3 is 19.1 Å². The van der Waals surface area contributed by atoms with E-state index in [9.17, 15) is 21.6 Å². The number of nitrogens with one attached hydrogen (secondary N) is 1. The summed E-state index contributed by atoms with van der Waals surface area (Å²) in [4.78, 5) is 17.0. The molecule has 2 aliphatic heterocycles. The van der Waals surface area contributed by atoms with Gasteiger partial charge in [0.05, 0.1) is 29.9 Å². The number of hydrogen-bond acceptors (Lipinski definition) is 12. The molecule has 0 bridgehead atoms. The third kappa shape index (κ3) is 8.19. The van der Waals surface area contributed by atoms with Gasteiger partial charge in [0.15, 0.2) is 23.2 Å². The summed E-state index contributed by atoms with van der Waals surface area (Å²) in [6, 6.07) is 7.05. The number of ether oxygens (including phenoxy) is 1. The molecule has 2 saturated heterocycles. The maximum absolute atomic E-state index is 14.9. The van der Waals surface area contributed by atoms with E-state index in [1.807, 2.05) is 13.8 Å². The molecule has 12 nitrogen and oxygen atoms in total. The number of nitrogens with zero attached hydrogens (tertiary/aromatic N) is 6. The van der Waals surface area contributed by atoms with Crippen LogP contribution in [-0.2, 0) is 20.8 Å². The van der Waals surface area contributed by atoms with Gasteiger partial charge in [-0.25, -0.2) is 23.1 Å². The van der Waals surface area contributed by atoms with E-state index in [1.54, 1.807) is 17.0 Å². The molecule has 2 unspecified atom stereocenters. The molecule has 0 radical (unpaired) electrons. The highest BCUT2D eigenvalue weighted by atomic mass is 32.2. The molecular weight excluding hydrogens is 675 g/mol. The van der Waals surface area contributed by atoms with Crippen LogP contribution in [0, 0.1) is 36.2 Å². The van der Waals surface area contributed by atoms with Gasteiger partial charge in [-0.3, -0.25) is 0 Å². The van der Waals surface area contributed by atoms with E-state index in [4.69, 9.17) is 13.5 Å². The molecule has 6 rings (SSSR count). The quantitative estimate of drug-likeness (QED) is 0.141. The monoisotopic (exact) mass is 715 g/mol. The number of aromatic nitrogens is 4. The van der Waals surface area contributed by atoms with Crippen LogP contribution in [0.2, 0.25) is 0 Å². The van der Waals surface area contributed by atoms with Crippen molar-refractivity contribution in [2.45, 2.75) is 63.3 Å². The molecule has 2 aromatic heterocycles. The first kappa shape index (κ1) is 35.5. The van der Waals surface area contributed by atoms with Crippen molar-refractivity contribution in [2.75, 3.05) is 42.6 Å². The van der Waals surface area contributed by atoms with E-state index in [0.29, 0.717) is 42.1 Å². The summed E-state index contributed by atoms with van der Waals surface area (Å²) < 4.78 is 85.2. The van der Waals surface area contributed by atoms with Crippen LogP contribution in [0.3, 0.4) is 0 Å². The van der Waals surface area contributed by atoms with Crippen LogP contribution in [0.1, 0.15) is 56.0 Å². The molecule has 2 aromatic carbocycles. The van der Waals surface area contributed by atoms with E-state index >= 15 is 0 Å². The number of aryl methyl sites for hydroxylation is 2. The molecule has 1 N–H and O–H groups in total. The Bertz CT molecular complexity index is 1860. The summed E-state index contributed by atoms with van der Waals surface area (Å²) in [7, 11) is -4.24. The van der Waals surface area contributed by atoms with Crippen LogP contribution in [0.4, 0.5) is 25.1 Å². The van der Waals surface area contributed by atoms with Crippen LogP contribution in [0.25, 0.3) is 0 Å². The van der Waals surface area contributed by atoms with E-state index in [1.165, 1.54) is 24.5 Å². The predicted octanol–water partition coefficient (Wildman–Crippen LogP) is 5.35. The molecule has 0 aliphatic carbocycles. The fourth-order valence-corrected chi connectivity index (χ4v) is 7.24. The van der Waals surface area contributed by atoms with Crippen molar-refractivity contribution < 1.29 is 35.1 Å². The number of rotatable bonds is 13. The van der Waals surface area contributed by atoms with Crippen LogP contribution >= 0.6 is 0 Å². The summed E-state index contributed by atoms with van der Waals surface area (Å²) >= 11 is 0. The highest BCUT2D eigenvalue weighted by molar-refractivity contribution is 7.86. The van der Waals surface area contributed by atoms with Crippen LogP contribution in [-0.4, -0.2) is 67.4 Å². The van der Waals surface area contributed by atoms with E-state index in [0.717, 1.165) is 50.4 Å². The van der Waals surface area contributed by atoms with Gasteiger partial charge >= 0.3 is 16.1 Å². The zero-order chi connectivity index (χ0) is 35.4. The summed E-state index contributed by atoms with van der Waals surface area (Å²) in [5.74, 6) is -1.92. The molecule has 4 heterocycles. The Labute approximate surface area is 289 Å². The molecule has 0 saturated carbocycles. The molecule has 268 valence electrons. The lowest BCUT2D eigenvalue weighted by Crippen LogP contribution is -2.37. The second-order valence-corrected chi connectivity index (χ2v) is 14.4. The Morgan fingerprint density at radius 1 is 1.00 bits per heavy atom. The van der Waals surface area contributed by atoms with Crippen molar-refractivity contribution >= 4 is 22.1 Å². The van der Waals surface area contributed by atoms with Gasteiger partial charge in [0.25, 0.3) is 0 Å². The highest BCUT2D eigenvalue weighted by Crippen LogP contribution is 2.34. The summed E-state index contributed by atoms with van der Waals surface area (Å²) in [5, 5.41) is 3.99. The van der Waals surface area contributed by atoms with Gasteiger partial charge in [0.2, 0.25) is 5.95 Å². The largest absolute Gasteiger partial charge is 0.490 e. The molecule has 50 heavy (non-hydrogen) atoms. The molecular formula is C34H40F3N7O5S. The normalized spacial score (nSPS) is 19.2. The first-order valence-corrected chi connectivity index (χ1v) is 18.1. The molecule has 2 aliphatic rings. The van der Waals surface area contributed by atoms with Gasteiger partial charge in [-0.2, -0.15) is 23.2 Å². The minimum Gasteiger partial charge on any atom is -0.490 e. The average molecular weight is 716 g/mol. The Balaban J connectivity index is 1.05. The first-order valence-electron chi connectivity index (χ1n) is 16.7. The van der Waals surface area contributed by atoms with Crippen molar-refractivity contribution in [3.63, 3.8) is 0 Å². The van der Waals surface area contributed by atoms with Crippen molar-refractivity contribution in [1.29, 1.82) is 0 Å². The Kier molecular flexibility index (Phi) is 10.9. The number of hydrogen-bond donors (Lipinski definition) is 1. The van der Waals surface area contributed by atoms with Crippen LogP contribution in [0.5, 0.6) is 5.75 Å². The second kappa shape index (κ2) is 15.3. The second-order valence-electron chi connectivity index (χ2n) is 12.9. The van der Waals surface area contributed by atoms with E-state index in [-0.39, 0.29) is 29.5 Å².